The Morgan fingerprint density at radius 1 is 1.23 bits per heavy atom. The normalized spacial score (nSPS) is 15.1. The van der Waals surface area contributed by atoms with E-state index in [1.165, 1.54) is 11.3 Å². The van der Waals surface area contributed by atoms with Crippen molar-refractivity contribution in [1.29, 1.82) is 0 Å². The van der Waals surface area contributed by atoms with Gasteiger partial charge in [0.2, 0.25) is 11.8 Å². The fourth-order valence-corrected chi connectivity index (χ4v) is 3.81. The molecule has 7 heteroatoms. The van der Waals surface area contributed by atoms with Crippen molar-refractivity contribution in [2.75, 3.05) is 11.4 Å². The van der Waals surface area contributed by atoms with Crippen LogP contribution in [0.3, 0.4) is 0 Å². The van der Waals surface area contributed by atoms with Gasteiger partial charge in [-0.1, -0.05) is 18.2 Å². The number of thiophene rings is 1. The highest BCUT2D eigenvalue weighted by molar-refractivity contribution is 7.10. The topological polar surface area (TPSA) is 86.7 Å². The fourth-order valence-electron chi connectivity index (χ4n) is 3.03. The van der Waals surface area contributed by atoms with Crippen LogP contribution in [0.1, 0.15) is 35.7 Å². The highest BCUT2D eigenvalue weighted by Crippen LogP contribution is 2.23. The third-order valence-electron chi connectivity index (χ3n) is 4.29. The van der Waals surface area contributed by atoms with Crippen molar-refractivity contribution >= 4 is 34.8 Å². The van der Waals surface area contributed by atoms with Gasteiger partial charge in [-0.2, -0.15) is 0 Å². The van der Waals surface area contributed by atoms with Gasteiger partial charge in [-0.15, -0.1) is 11.3 Å². The van der Waals surface area contributed by atoms with Gasteiger partial charge in [0.15, 0.2) is 0 Å². The molecule has 0 unspecified atom stereocenters. The van der Waals surface area contributed by atoms with Crippen LogP contribution >= 0.6 is 11.3 Å². The lowest BCUT2D eigenvalue weighted by molar-refractivity contribution is -0.137. The van der Waals surface area contributed by atoms with E-state index < -0.39 is 12.0 Å². The Bertz CT molecular complexity index is 786. The Balaban J connectivity index is 1.61. The van der Waals surface area contributed by atoms with E-state index in [4.69, 9.17) is 5.11 Å². The summed E-state index contributed by atoms with van der Waals surface area (Å²) in [6, 6.07) is 10.5. The summed E-state index contributed by atoms with van der Waals surface area (Å²) in [5.74, 6) is -1.05. The quantitative estimate of drug-likeness (QED) is 0.782. The molecule has 1 aliphatic heterocycles. The molecule has 26 heavy (non-hydrogen) atoms. The van der Waals surface area contributed by atoms with E-state index in [1.54, 1.807) is 4.90 Å². The molecule has 0 saturated carbocycles. The second-order valence-electron chi connectivity index (χ2n) is 6.23. The minimum absolute atomic E-state index is 0.128. The maximum atomic E-state index is 12.3. The van der Waals surface area contributed by atoms with Gasteiger partial charge in [0.1, 0.15) is 0 Å². The molecule has 1 atom stereocenters. The number of nitrogens with zero attached hydrogens (tertiary/aromatic N) is 1. The molecular weight excluding hydrogens is 352 g/mol. The molecule has 2 aromatic rings. The molecule has 1 aromatic heterocycles. The molecule has 1 aliphatic rings. The van der Waals surface area contributed by atoms with Gasteiger partial charge in [0.25, 0.3) is 0 Å². The third-order valence-corrected chi connectivity index (χ3v) is 5.27. The highest BCUT2D eigenvalue weighted by Gasteiger charge is 2.22. The number of amides is 2. The number of hydrogen-bond donors (Lipinski definition) is 2. The molecule has 0 radical (unpaired) electrons. The van der Waals surface area contributed by atoms with Gasteiger partial charge in [-0.3, -0.25) is 14.4 Å². The lowest BCUT2D eigenvalue weighted by Gasteiger charge is -2.17. The average molecular weight is 372 g/mol. The maximum absolute atomic E-state index is 12.3. The summed E-state index contributed by atoms with van der Waals surface area (Å²) in [6.07, 6.45) is 1.46. The Labute approximate surface area is 155 Å². The summed E-state index contributed by atoms with van der Waals surface area (Å²) in [6.45, 7) is 0.732. The van der Waals surface area contributed by atoms with Gasteiger partial charge in [0.05, 0.1) is 18.9 Å². The average Bonchev–Trinajstić information content (AvgIpc) is 3.26. The van der Waals surface area contributed by atoms with Crippen LogP contribution in [-0.2, 0) is 20.8 Å². The number of anilines is 1. The second kappa shape index (κ2) is 8.14. The molecule has 2 heterocycles. The second-order valence-corrected chi connectivity index (χ2v) is 7.20. The van der Waals surface area contributed by atoms with E-state index in [-0.39, 0.29) is 24.7 Å². The van der Waals surface area contributed by atoms with E-state index in [0.29, 0.717) is 6.42 Å². The first kappa shape index (κ1) is 18.1. The molecule has 1 saturated heterocycles. The number of nitrogens with one attached hydrogen (secondary N) is 1. The van der Waals surface area contributed by atoms with Gasteiger partial charge >= 0.3 is 5.97 Å². The number of rotatable bonds is 7. The molecule has 1 aromatic carbocycles. The van der Waals surface area contributed by atoms with Crippen LogP contribution in [-0.4, -0.2) is 29.4 Å². The number of carboxylic acid groups (broad SMARTS) is 1. The highest BCUT2D eigenvalue weighted by atomic mass is 32.1. The van der Waals surface area contributed by atoms with E-state index in [9.17, 15) is 14.4 Å². The van der Waals surface area contributed by atoms with E-state index in [0.717, 1.165) is 29.1 Å². The van der Waals surface area contributed by atoms with Crippen molar-refractivity contribution in [2.45, 2.75) is 31.7 Å². The number of carbonyl (C=O) groups is 3. The third kappa shape index (κ3) is 4.49. The van der Waals surface area contributed by atoms with Crippen molar-refractivity contribution in [2.24, 2.45) is 0 Å². The molecular formula is C19H20N2O4S. The summed E-state index contributed by atoms with van der Waals surface area (Å²) in [7, 11) is 0. The monoisotopic (exact) mass is 372 g/mol. The van der Waals surface area contributed by atoms with Crippen LogP contribution < -0.4 is 10.2 Å². The molecule has 6 nitrogen and oxygen atoms in total. The molecule has 0 aliphatic carbocycles. The molecule has 0 bridgehead atoms. The molecule has 3 rings (SSSR count). The van der Waals surface area contributed by atoms with Crippen LogP contribution in [0.2, 0.25) is 0 Å². The number of aliphatic carboxylic acids is 1. The molecule has 2 amide bonds. The first-order valence-electron chi connectivity index (χ1n) is 8.47. The zero-order valence-electron chi connectivity index (χ0n) is 14.2. The van der Waals surface area contributed by atoms with Crippen molar-refractivity contribution in [1.82, 2.24) is 5.32 Å². The van der Waals surface area contributed by atoms with Crippen molar-refractivity contribution in [3.05, 3.63) is 52.2 Å². The van der Waals surface area contributed by atoms with Crippen molar-refractivity contribution < 1.29 is 19.5 Å². The van der Waals surface area contributed by atoms with Gasteiger partial charge in [-0.05, 0) is 35.6 Å². The predicted molar refractivity (Wildman–Crippen MR) is 99.2 cm³/mol. The number of carbonyl (C=O) groups excluding carboxylic acids is 2. The Morgan fingerprint density at radius 2 is 2.00 bits per heavy atom. The van der Waals surface area contributed by atoms with Crippen LogP contribution in [0.5, 0.6) is 0 Å². The van der Waals surface area contributed by atoms with Crippen LogP contribution in [0, 0.1) is 0 Å². The van der Waals surface area contributed by atoms with E-state index in [1.807, 2.05) is 41.8 Å². The smallest absolute Gasteiger partial charge is 0.305 e. The first-order valence-corrected chi connectivity index (χ1v) is 9.35. The van der Waals surface area contributed by atoms with Crippen LogP contribution in [0.15, 0.2) is 41.8 Å². The summed E-state index contributed by atoms with van der Waals surface area (Å²) in [5, 5.41) is 13.7. The van der Waals surface area contributed by atoms with Gasteiger partial charge in [0, 0.05) is 23.5 Å². The Kier molecular flexibility index (Phi) is 5.68. The number of hydrogen-bond acceptors (Lipinski definition) is 4. The van der Waals surface area contributed by atoms with E-state index >= 15 is 0 Å². The molecule has 1 fully saturated rings. The number of carboxylic acids is 1. The minimum Gasteiger partial charge on any atom is -0.481 e. The van der Waals surface area contributed by atoms with Crippen molar-refractivity contribution in [3.8, 4) is 0 Å². The molecule has 0 spiro atoms. The molecule has 136 valence electrons. The zero-order chi connectivity index (χ0) is 18.5. The van der Waals surface area contributed by atoms with E-state index in [2.05, 4.69) is 5.32 Å². The minimum atomic E-state index is -0.955. The van der Waals surface area contributed by atoms with Crippen molar-refractivity contribution in [3.63, 3.8) is 0 Å². The zero-order valence-corrected chi connectivity index (χ0v) is 15.0. The summed E-state index contributed by atoms with van der Waals surface area (Å²) < 4.78 is 0. The van der Waals surface area contributed by atoms with Crippen LogP contribution in [0.25, 0.3) is 0 Å². The largest absolute Gasteiger partial charge is 0.481 e. The summed E-state index contributed by atoms with van der Waals surface area (Å²) >= 11 is 1.42. The number of benzene rings is 1. The summed E-state index contributed by atoms with van der Waals surface area (Å²) in [4.78, 5) is 37.7. The maximum Gasteiger partial charge on any atom is 0.305 e. The van der Waals surface area contributed by atoms with Gasteiger partial charge < -0.3 is 15.3 Å². The van der Waals surface area contributed by atoms with Gasteiger partial charge in [-0.25, -0.2) is 0 Å². The fraction of sp³-hybridized carbons (Fsp3) is 0.316. The lowest BCUT2D eigenvalue weighted by Crippen LogP contribution is -2.31. The van der Waals surface area contributed by atoms with Crippen LogP contribution in [0.4, 0.5) is 5.69 Å². The lowest BCUT2D eigenvalue weighted by atomic mass is 10.1. The Morgan fingerprint density at radius 3 is 2.58 bits per heavy atom. The standard InChI is InChI=1S/C19H20N2O4S/c22-17(20-15(12-19(24)25)16-3-2-10-26-16)11-13-5-7-14(8-6-13)21-9-1-4-18(21)23/h2-3,5-8,10,15H,1,4,9,11-12H2,(H,20,22)(H,24,25)/t15-/m1/s1. The summed E-state index contributed by atoms with van der Waals surface area (Å²) in [5.41, 5.74) is 1.66. The Hall–Kier alpha value is -2.67. The molecule has 2 N–H and O–H groups in total. The first-order chi connectivity index (χ1) is 12.5. The SMILES string of the molecule is O=C(O)C[C@@H](NC(=O)Cc1ccc(N2CCCC2=O)cc1)c1cccs1. The predicted octanol–water partition coefficient (Wildman–Crippen LogP) is 2.75.